The summed E-state index contributed by atoms with van der Waals surface area (Å²) in [6.45, 7) is -0.171. The van der Waals surface area contributed by atoms with Crippen LogP contribution in [0.3, 0.4) is 0 Å². The number of benzene rings is 3. The van der Waals surface area contributed by atoms with Gasteiger partial charge >= 0.3 is 5.97 Å². The summed E-state index contributed by atoms with van der Waals surface area (Å²) in [7, 11) is 0. The van der Waals surface area contributed by atoms with Crippen LogP contribution in [-0.2, 0) is 9.53 Å². The minimum atomic E-state index is -1.54. The van der Waals surface area contributed by atoms with E-state index in [0.29, 0.717) is 0 Å². The minimum absolute atomic E-state index is 0.0355. The molecule has 35 heavy (non-hydrogen) atoms. The van der Waals surface area contributed by atoms with Crippen molar-refractivity contribution >= 4 is 40.5 Å². The second-order valence-corrected chi connectivity index (χ2v) is 7.49. The Morgan fingerprint density at radius 2 is 1.66 bits per heavy atom. The van der Waals surface area contributed by atoms with Crippen molar-refractivity contribution in [3.63, 3.8) is 0 Å². The molecular weight excluding hydrogens is 486 g/mol. The van der Waals surface area contributed by atoms with Crippen molar-refractivity contribution in [3.05, 3.63) is 97.0 Å². The van der Waals surface area contributed by atoms with Gasteiger partial charge in [-0.3, -0.25) is 25.0 Å². The topological polar surface area (TPSA) is 160 Å². The monoisotopic (exact) mass is 499 g/mol. The van der Waals surface area contributed by atoms with Crippen molar-refractivity contribution in [1.82, 2.24) is 0 Å². The number of carbonyl (C=O) groups is 2. The number of hydrogen-bond donors (Lipinski definition) is 1. The third-order valence-corrected chi connectivity index (χ3v) is 5.21. The molecule has 0 aliphatic carbocycles. The van der Waals surface area contributed by atoms with Gasteiger partial charge in [0.1, 0.15) is 5.56 Å². The maximum atomic E-state index is 13.1. The van der Waals surface area contributed by atoms with Crippen molar-refractivity contribution in [2.45, 2.75) is 6.10 Å². The summed E-state index contributed by atoms with van der Waals surface area (Å²) in [6.07, 6.45) is -1.54. The van der Waals surface area contributed by atoms with Gasteiger partial charge in [-0.2, -0.15) is 0 Å². The van der Waals surface area contributed by atoms with Crippen molar-refractivity contribution in [2.75, 3.05) is 12.1 Å². The Kier molecular flexibility index (Phi) is 6.46. The van der Waals surface area contributed by atoms with Crippen molar-refractivity contribution < 1.29 is 33.6 Å². The summed E-state index contributed by atoms with van der Waals surface area (Å²) in [5, 5.41) is 24.8. The number of nitrogens with one attached hydrogen (secondary N) is 1. The van der Waals surface area contributed by atoms with Gasteiger partial charge in [0, 0.05) is 23.8 Å². The van der Waals surface area contributed by atoms with Gasteiger partial charge in [-0.05, 0) is 6.07 Å². The van der Waals surface area contributed by atoms with Gasteiger partial charge in [0.05, 0.1) is 26.6 Å². The maximum Gasteiger partial charge on any atom is 0.346 e. The van der Waals surface area contributed by atoms with Gasteiger partial charge in [0.2, 0.25) is 12.9 Å². The number of fused-ring (bicyclic) bond motifs is 1. The molecule has 1 aliphatic rings. The number of nitro benzene ring substituents is 2. The number of nitrogens with zero attached hydrogens (tertiary/aromatic N) is 2. The van der Waals surface area contributed by atoms with E-state index in [1.54, 1.807) is 18.2 Å². The molecule has 0 radical (unpaired) electrons. The Balaban J connectivity index is 1.65. The molecule has 1 unspecified atom stereocenters. The van der Waals surface area contributed by atoms with E-state index in [9.17, 15) is 29.8 Å². The molecule has 0 saturated carbocycles. The standard InChI is InChI=1S/C22H14ClN3O9/c23-15-8-13(25(29)30)6-7-16(15)24-21(27)20(12-4-2-1-3-5-12)35-22(28)14-9-18-19(34-11-33-18)10-17(14)26(31)32/h1-10,20H,11H2,(H,24,27). The number of non-ortho nitro benzene ring substituents is 1. The summed E-state index contributed by atoms with van der Waals surface area (Å²) in [5.74, 6) is -1.79. The third kappa shape index (κ3) is 4.96. The lowest BCUT2D eigenvalue weighted by Gasteiger charge is -2.18. The van der Waals surface area contributed by atoms with Crippen LogP contribution >= 0.6 is 11.6 Å². The molecule has 0 fully saturated rings. The SMILES string of the molecule is O=C(OC(C(=O)Nc1ccc([N+](=O)[O-])cc1Cl)c1ccccc1)c1cc2c(cc1[N+](=O)[O-])OCO2. The fourth-order valence-corrected chi connectivity index (χ4v) is 3.46. The molecule has 0 spiro atoms. The molecule has 1 aliphatic heterocycles. The Morgan fingerprint density at radius 3 is 2.29 bits per heavy atom. The van der Waals surface area contributed by atoms with Crippen LogP contribution in [-0.4, -0.2) is 28.5 Å². The molecule has 1 N–H and O–H groups in total. The highest BCUT2D eigenvalue weighted by Crippen LogP contribution is 2.39. The highest BCUT2D eigenvalue weighted by molar-refractivity contribution is 6.34. The van der Waals surface area contributed by atoms with Crippen LogP contribution in [0, 0.1) is 20.2 Å². The second kappa shape index (κ2) is 9.65. The van der Waals surface area contributed by atoms with Gasteiger partial charge in [0.25, 0.3) is 17.3 Å². The molecule has 0 aromatic heterocycles. The first-order chi connectivity index (χ1) is 16.7. The fourth-order valence-electron chi connectivity index (χ4n) is 3.23. The van der Waals surface area contributed by atoms with Crippen LogP contribution in [0.25, 0.3) is 0 Å². The average Bonchev–Trinajstić information content (AvgIpc) is 3.30. The predicted molar refractivity (Wildman–Crippen MR) is 121 cm³/mol. The van der Waals surface area contributed by atoms with E-state index in [4.69, 9.17) is 25.8 Å². The largest absolute Gasteiger partial charge is 0.454 e. The molecular formula is C22H14ClN3O9. The number of hydrogen-bond acceptors (Lipinski definition) is 9. The summed E-state index contributed by atoms with van der Waals surface area (Å²) in [5.41, 5.74) is -1.02. The van der Waals surface area contributed by atoms with Gasteiger partial charge in [-0.1, -0.05) is 41.9 Å². The van der Waals surface area contributed by atoms with E-state index in [-0.39, 0.29) is 40.3 Å². The van der Waals surface area contributed by atoms with Crippen molar-refractivity contribution in [2.24, 2.45) is 0 Å². The predicted octanol–water partition coefficient (Wildman–Crippen LogP) is 4.42. The Labute approximate surface area is 201 Å². The number of amides is 1. The second-order valence-electron chi connectivity index (χ2n) is 7.09. The van der Waals surface area contributed by atoms with E-state index in [0.717, 1.165) is 24.3 Å². The summed E-state index contributed by atoms with van der Waals surface area (Å²) in [4.78, 5) is 47.1. The zero-order valence-electron chi connectivity index (χ0n) is 17.5. The number of carbonyl (C=O) groups excluding carboxylic acids is 2. The number of rotatable bonds is 7. The van der Waals surface area contributed by atoms with E-state index in [1.165, 1.54) is 18.2 Å². The molecule has 3 aromatic rings. The number of ether oxygens (including phenoxy) is 3. The zero-order chi connectivity index (χ0) is 25.1. The molecule has 1 amide bonds. The molecule has 0 saturated heterocycles. The quantitative estimate of drug-likeness (QED) is 0.282. The fraction of sp³-hybridized carbons (Fsp3) is 0.0909. The van der Waals surface area contributed by atoms with Crippen LogP contribution in [0.5, 0.6) is 11.5 Å². The lowest BCUT2D eigenvalue weighted by Crippen LogP contribution is -2.26. The summed E-state index contributed by atoms with van der Waals surface area (Å²) >= 11 is 6.05. The van der Waals surface area contributed by atoms with E-state index < -0.39 is 39.1 Å². The molecule has 12 nitrogen and oxygen atoms in total. The first kappa shape index (κ1) is 23.4. The van der Waals surface area contributed by atoms with Crippen molar-refractivity contribution in [1.29, 1.82) is 0 Å². The van der Waals surface area contributed by atoms with E-state index in [2.05, 4.69) is 5.32 Å². The van der Waals surface area contributed by atoms with Gasteiger partial charge in [-0.25, -0.2) is 4.79 Å². The van der Waals surface area contributed by atoms with E-state index >= 15 is 0 Å². The van der Waals surface area contributed by atoms with Crippen LogP contribution < -0.4 is 14.8 Å². The lowest BCUT2D eigenvalue weighted by molar-refractivity contribution is -0.385. The summed E-state index contributed by atoms with van der Waals surface area (Å²) in [6, 6.07) is 13.5. The number of nitro groups is 2. The third-order valence-electron chi connectivity index (χ3n) is 4.89. The molecule has 1 atom stereocenters. The van der Waals surface area contributed by atoms with Gasteiger partial charge in [0.15, 0.2) is 11.5 Å². The highest BCUT2D eigenvalue weighted by atomic mass is 35.5. The molecule has 1 heterocycles. The lowest BCUT2D eigenvalue weighted by atomic mass is 10.1. The molecule has 3 aromatic carbocycles. The molecule has 4 rings (SSSR count). The smallest absolute Gasteiger partial charge is 0.346 e. The van der Waals surface area contributed by atoms with Crippen molar-refractivity contribution in [3.8, 4) is 11.5 Å². The first-order valence-corrected chi connectivity index (χ1v) is 10.2. The number of halogens is 1. The van der Waals surface area contributed by atoms with E-state index in [1.807, 2.05) is 0 Å². The normalized spacial score (nSPS) is 12.5. The average molecular weight is 500 g/mol. The molecule has 178 valence electrons. The highest BCUT2D eigenvalue weighted by Gasteiger charge is 2.32. The Morgan fingerprint density at radius 1 is 0.971 bits per heavy atom. The first-order valence-electron chi connectivity index (χ1n) is 9.83. The van der Waals surface area contributed by atoms with Gasteiger partial charge in [-0.15, -0.1) is 0 Å². The van der Waals surface area contributed by atoms with Gasteiger partial charge < -0.3 is 19.5 Å². The molecule has 13 heteroatoms. The Bertz CT molecular complexity index is 1350. The van der Waals surface area contributed by atoms with Crippen LogP contribution in [0.15, 0.2) is 60.7 Å². The maximum absolute atomic E-state index is 13.1. The number of anilines is 1. The minimum Gasteiger partial charge on any atom is -0.454 e. The summed E-state index contributed by atoms with van der Waals surface area (Å²) < 4.78 is 15.7. The number of esters is 1. The van der Waals surface area contributed by atoms with Crippen LogP contribution in [0.4, 0.5) is 17.1 Å². The van der Waals surface area contributed by atoms with Crippen LogP contribution in [0.1, 0.15) is 22.0 Å². The Hall–Kier alpha value is -4.71. The van der Waals surface area contributed by atoms with Crippen LogP contribution in [0.2, 0.25) is 5.02 Å². The molecule has 0 bridgehead atoms. The zero-order valence-corrected chi connectivity index (χ0v) is 18.3.